The number of carbonyl (C=O) groups is 1. The number of carbonyl (C=O) groups excluding carboxylic acids is 1. The molecule has 2 heteroatoms. The molecule has 0 amide bonds. The summed E-state index contributed by atoms with van der Waals surface area (Å²) in [4.78, 5) is 11.8. The first-order valence-electron chi connectivity index (χ1n) is 7.46. The van der Waals surface area contributed by atoms with Gasteiger partial charge in [0.25, 0.3) is 0 Å². The average molecular weight is 247 g/mol. The van der Waals surface area contributed by atoms with E-state index >= 15 is 0 Å². The van der Waals surface area contributed by atoms with Gasteiger partial charge in [-0.1, -0.05) is 33.1 Å². The van der Waals surface area contributed by atoms with Gasteiger partial charge < -0.3 is 4.57 Å². The van der Waals surface area contributed by atoms with Crippen molar-refractivity contribution in [2.75, 3.05) is 0 Å². The summed E-state index contributed by atoms with van der Waals surface area (Å²) >= 11 is 0. The molecule has 0 bridgehead atoms. The third kappa shape index (κ3) is 3.04. The quantitative estimate of drug-likeness (QED) is 0.737. The van der Waals surface area contributed by atoms with Crippen LogP contribution in [0.2, 0.25) is 0 Å². The van der Waals surface area contributed by atoms with Gasteiger partial charge >= 0.3 is 0 Å². The molecule has 1 heterocycles. The fraction of sp³-hybridized carbons (Fsp3) is 0.688. The van der Waals surface area contributed by atoms with Crippen LogP contribution in [0.4, 0.5) is 0 Å². The normalized spacial score (nSPS) is 16.7. The van der Waals surface area contributed by atoms with E-state index < -0.39 is 0 Å². The Bertz CT molecular complexity index is 405. The van der Waals surface area contributed by atoms with Crippen LogP contribution < -0.4 is 0 Å². The molecule has 0 N–H and O–H groups in total. The summed E-state index contributed by atoms with van der Waals surface area (Å²) < 4.78 is 2.26. The highest BCUT2D eigenvalue weighted by Gasteiger charge is 2.19. The Labute approximate surface area is 110 Å². The van der Waals surface area contributed by atoms with E-state index in [2.05, 4.69) is 30.8 Å². The topological polar surface area (TPSA) is 22.0 Å². The second kappa shape index (κ2) is 6.21. The van der Waals surface area contributed by atoms with Crippen LogP contribution in [0.5, 0.6) is 0 Å². The van der Waals surface area contributed by atoms with Crippen LogP contribution in [0.15, 0.2) is 12.4 Å². The number of hydrogen-bond acceptors (Lipinski definition) is 1. The van der Waals surface area contributed by atoms with Crippen molar-refractivity contribution in [3.63, 3.8) is 0 Å². The fourth-order valence-corrected chi connectivity index (χ4v) is 2.90. The van der Waals surface area contributed by atoms with E-state index in [1.807, 2.05) is 0 Å². The van der Waals surface area contributed by atoms with Crippen LogP contribution in [-0.2, 0) is 13.0 Å². The minimum absolute atomic E-state index is 0.344. The van der Waals surface area contributed by atoms with Gasteiger partial charge in [0, 0.05) is 30.9 Å². The Morgan fingerprint density at radius 3 is 2.78 bits per heavy atom. The monoisotopic (exact) mass is 247 g/mol. The molecule has 2 rings (SSSR count). The minimum Gasteiger partial charge on any atom is -0.353 e. The number of nitrogens with zero attached hydrogens (tertiary/aromatic N) is 1. The molecular weight excluding hydrogens is 222 g/mol. The zero-order valence-corrected chi connectivity index (χ0v) is 11.7. The Kier molecular flexibility index (Phi) is 4.62. The van der Waals surface area contributed by atoms with Crippen molar-refractivity contribution in [3.8, 4) is 0 Å². The molecule has 100 valence electrons. The molecule has 0 saturated carbocycles. The van der Waals surface area contributed by atoms with E-state index in [0.717, 1.165) is 37.3 Å². The number of aryl methyl sites for hydroxylation is 1. The fourth-order valence-electron chi connectivity index (χ4n) is 2.90. The summed E-state index contributed by atoms with van der Waals surface area (Å²) in [5, 5.41) is 0. The zero-order chi connectivity index (χ0) is 13.0. The van der Waals surface area contributed by atoms with Crippen molar-refractivity contribution in [1.82, 2.24) is 4.57 Å². The summed E-state index contributed by atoms with van der Waals surface area (Å²) in [6, 6.07) is 0. The molecule has 0 radical (unpaired) electrons. The van der Waals surface area contributed by atoms with Crippen LogP contribution in [0, 0.1) is 5.92 Å². The molecule has 0 aromatic carbocycles. The predicted molar refractivity (Wildman–Crippen MR) is 75.0 cm³/mol. The zero-order valence-electron chi connectivity index (χ0n) is 11.7. The molecule has 1 aromatic heterocycles. The second-order valence-electron chi connectivity index (χ2n) is 5.59. The Hall–Kier alpha value is -1.05. The Morgan fingerprint density at radius 2 is 2.11 bits per heavy atom. The van der Waals surface area contributed by atoms with Gasteiger partial charge in [-0.05, 0) is 30.7 Å². The second-order valence-corrected chi connectivity index (χ2v) is 5.59. The van der Waals surface area contributed by atoms with Crippen molar-refractivity contribution in [3.05, 3.63) is 23.5 Å². The van der Waals surface area contributed by atoms with Gasteiger partial charge in [0.05, 0.1) is 0 Å². The first-order valence-corrected chi connectivity index (χ1v) is 7.46. The number of hydrogen-bond donors (Lipinski definition) is 0. The van der Waals surface area contributed by atoms with Gasteiger partial charge in [-0.25, -0.2) is 0 Å². The number of fused-ring (bicyclic) bond motifs is 1. The first-order chi connectivity index (χ1) is 8.74. The van der Waals surface area contributed by atoms with E-state index in [-0.39, 0.29) is 0 Å². The molecule has 2 nitrogen and oxygen atoms in total. The molecule has 0 spiro atoms. The Morgan fingerprint density at radius 1 is 1.28 bits per heavy atom. The number of rotatable bonds is 6. The van der Waals surface area contributed by atoms with Crippen LogP contribution in [0.25, 0.3) is 0 Å². The third-order valence-electron chi connectivity index (χ3n) is 4.13. The number of Topliss-reactive ketones (excluding diaryl/α,β-unsaturated/α-hetero) is 1. The lowest BCUT2D eigenvalue weighted by atomic mass is 9.95. The maximum atomic E-state index is 11.8. The van der Waals surface area contributed by atoms with Gasteiger partial charge in [-0.3, -0.25) is 4.79 Å². The summed E-state index contributed by atoms with van der Waals surface area (Å²) in [5.41, 5.74) is 2.27. The molecule has 1 atom stereocenters. The van der Waals surface area contributed by atoms with Gasteiger partial charge in [0.2, 0.25) is 0 Å². The SMILES string of the molecule is CCCCC(CC)Cn1cc2c(c1)C(=O)CCC2. The van der Waals surface area contributed by atoms with Crippen LogP contribution in [0.3, 0.4) is 0 Å². The van der Waals surface area contributed by atoms with Gasteiger partial charge in [-0.15, -0.1) is 0 Å². The van der Waals surface area contributed by atoms with E-state index in [1.54, 1.807) is 0 Å². The average Bonchev–Trinajstić information content (AvgIpc) is 2.78. The summed E-state index contributed by atoms with van der Waals surface area (Å²) in [5.74, 6) is 1.10. The van der Waals surface area contributed by atoms with Crippen LogP contribution in [-0.4, -0.2) is 10.4 Å². The van der Waals surface area contributed by atoms with E-state index in [4.69, 9.17) is 0 Å². The summed E-state index contributed by atoms with van der Waals surface area (Å²) in [6.45, 7) is 5.60. The first kappa shape index (κ1) is 13.4. The van der Waals surface area contributed by atoms with Crippen molar-refractivity contribution in [2.24, 2.45) is 5.92 Å². The molecule has 0 aliphatic heterocycles. The molecule has 1 unspecified atom stereocenters. The molecule has 1 aliphatic rings. The third-order valence-corrected chi connectivity index (χ3v) is 4.13. The lowest BCUT2D eigenvalue weighted by molar-refractivity contribution is 0.0973. The van der Waals surface area contributed by atoms with Crippen molar-refractivity contribution >= 4 is 5.78 Å². The number of aromatic nitrogens is 1. The largest absolute Gasteiger partial charge is 0.353 e. The van der Waals surface area contributed by atoms with Crippen molar-refractivity contribution in [1.29, 1.82) is 0 Å². The van der Waals surface area contributed by atoms with E-state index in [9.17, 15) is 4.79 Å². The molecule has 0 saturated heterocycles. The molecule has 1 aromatic rings. The van der Waals surface area contributed by atoms with Crippen molar-refractivity contribution < 1.29 is 4.79 Å². The minimum atomic E-state index is 0.344. The number of unbranched alkanes of at least 4 members (excludes halogenated alkanes) is 1. The summed E-state index contributed by atoms with van der Waals surface area (Å²) in [7, 11) is 0. The standard InChI is InChI=1S/C16H25NO/c1-3-5-7-13(4-2)10-17-11-14-8-6-9-16(18)15(14)12-17/h11-13H,3-10H2,1-2H3. The van der Waals surface area contributed by atoms with Crippen LogP contribution in [0.1, 0.15) is 68.3 Å². The molecule has 18 heavy (non-hydrogen) atoms. The van der Waals surface area contributed by atoms with Crippen molar-refractivity contribution in [2.45, 2.75) is 65.3 Å². The number of ketones is 1. The van der Waals surface area contributed by atoms with Gasteiger partial charge in [-0.2, -0.15) is 0 Å². The van der Waals surface area contributed by atoms with Gasteiger partial charge in [0.15, 0.2) is 5.78 Å². The summed E-state index contributed by atoms with van der Waals surface area (Å²) in [6.07, 6.45) is 12.3. The molecule has 0 fully saturated rings. The highest BCUT2D eigenvalue weighted by molar-refractivity contribution is 5.98. The smallest absolute Gasteiger partial charge is 0.164 e. The van der Waals surface area contributed by atoms with E-state index in [1.165, 1.54) is 31.2 Å². The maximum Gasteiger partial charge on any atom is 0.164 e. The highest BCUT2D eigenvalue weighted by atomic mass is 16.1. The van der Waals surface area contributed by atoms with Gasteiger partial charge in [0.1, 0.15) is 0 Å². The molecular formula is C16H25NO. The lowest BCUT2D eigenvalue weighted by Crippen LogP contribution is -2.09. The van der Waals surface area contributed by atoms with E-state index in [0.29, 0.717) is 5.78 Å². The maximum absolute atomic E-state index is 11.8. The Balaban J connectivity index is 2.03. The molecule has 1 aliphatic carbocycles. The van der Waals surface area contributed by atoms with Crippen LogP contribution >= 0.6 is 0 Å². The lowest BCUT2D eigenvalue weighted by Gasteiger charge is -2.15. The highest BCUT2D eigenvalue weighted by Crippen LogP contribution is 2.23. The predicted octanol–water partition coefficient (Wildman–Crippen LogP) is 4.22.